The van der Waals surface area contributed by atoms with E-state index in [1.807, 2.05) is 6.92 Å². The highest BCUT2D eigenvalue weighted by molar-refractivity contribution is 6.29. The number of aryl methyl sites for hydroxylation is 1. The summed E-state index contributed by atoms with van der Waals surface area (Å²) in [4.78, 5) is 4.19. The largest absolute Gasteiger partial charge is 0.394 e. The van der Waals surface area contributed by atoms with Gasteiger partial charge >= 0.3 is 0 Å². The van der Waals surface area contributed by atoms with Gasteiger partial charge in [0.05, 0.1) is 12.1 Å². The van der Waals surface area contributed by atoms with Gasteiger partial charge in [-0.3, -0.25) is 0 Å². The molecule has 0 radical (unpaired) electrons. The van der Waals surface area contributed by atoms with E-state index >= 15 is 0 Å². The number of fused-ring (bicyclic) bond motifs is 1. The van der Waals surface area contributed by atoms with Crippen LogP contribution in [0.4, 0.5) is 4.39 Å². The van der Waals surface area contributed by atoms with Gasteiger partial charge in [-0.15, -0.1) is 5.10 Å². The van der Waals surface area contributed by atoms with Crippen molar-refractivity contribution in [3.8, 4) is 0 Å². The minimum atomic E-state index is -0.906. The van der Waals surface area contributed by atoms with Gasteiger partial charge in [-0.2, -0.15) is 0 Å². The highest BCUT2D eigenvalue weighted by Gasteiger charge is 2.48. The number of nitrogens with zero attached hydrogens (tertiary/aromatic N) is 4. The molecule has 0 aromatic carbocycles. The number of halogens is 2. The highest BCUT2D eigenvalue weighted by atomic mass is 35.5. The summed E-state index contributed by atoms with van der Waals surface area (Å²) in [5, 5.41) is 17.9. The summed E-state index contributed by atoms with van der Waals surface area (Å²) >= 11 is 5.92. The maximum absolute atomic E-state index is 13.1. The average molecular weight is 271 g/mol. The van der Waals surface area contributed by atoms with Crippen LogP contribution in [0.5, 0.6) is 0 Å². The molecule has 0 amide bonds. The van der Waals surface area contributed by atoms with E-state index in [0.717, 1.165) is 5.56 Å². The van der Waals surface area contributed by atoms with Gasteiger partial charge in [0.2, 0.25) is 0 Å². The van der Waals surface area contributed by atoms with Crippen molar-refractivity contribution in [3.63, 3.8) is 0 Å². The van der Waals surface area contributed by atoms with E-state index < -0.39 is 11.7 Å². The molecule has 0 aliphatic heterocycles. The molecule has 1 saturated carbocycles. The van der Waals surface area contributed by atoms with Gasteiger partial charge in [0.25, 0.3) is 0 Å². The number of aliphatic hydroxyl groups excluding tert-OH is 1. The van der Waals surface area contributed by atoms with Crippen LogP contribution in [0.1, 0.15) is 18.4 Å². The first-order valence-electron chi connectivity index (χ1n) is 5.70. The molecule has 0 bridgehead atoms. The first kappa shape index (κ1) is 11.8. The third kappa shape index (κ3) is 1.52. The van der Waals surface area contributed by atoms with Gasteiger partial charge in [0.1, 0.15) is 16.8 Å². The van der Waals surface area contributed by atoms with E-state index in [1.54, 1.807) is 6.07 Å². The van der Waals surface area contributed by atoms with E-state index in [1.165, 1.54) is 4.68 Å². The van der Waals surface area contributed by atoms with Crippen molar-refractivity contribution >= 4 is 22.8 Å². The lowest BCUT2D eigenvalue weighted by atomic mass is 9.76. The SMILES string of the molecule is Cc1cc(Cl)nc2c1nnn2C1(CO)CC(F)C1. The summed E-state index contributed by atoms with van der Waals surface area (Å²) < 4.78 is 14.6. The van der Waals surface area contributed by atoms with Crippen LogP contribution in [0.25, 0.3) is 11.2 Å². The van der Waals surface area contributed by atoms with Gasteiger partial charge in [0.15, 0.2) is 5.65 Å². The second kappa shape index (κ2) is 3.86. The molecule has 0 unspecified atom stereocenters. The van der Waals surface area contributed by atoms with E-state index in [-0.39, 0.29) is 19.4 Å². The number of hydrogen-bond donors (Lipinski definition) is 1. The Kier molecular flexibility index (Phi) is 2.53. The van der Waals surface area contributed by atoms with E-state index in [4.69, 9.17) is 11.6 Å². The molecule has 2 aromatic rings. The van der Waals surface area contributed by atoms with E-state index in [2.05, 4.69) is 15.3 Å². The highest BCUT2D eigenvalue weighted by Crippen LogP contribution is 2.41. The first-order chi connectivity index (χ1) is 8.55. The molecule has 5 nitrogen and oxygen atoms in total. The van der Waals surface area contributed by atoms with Crippen LogP contribution in [0, 0.1) is 6.92 Å². The summed E-state index contributed by atoms with van der Waals surface area (Å²) in [5.41, 5.74) is 1.27. The zero-order valence-electron chi connectivity index (χ0n) is 9.77. The van der Waals surface area contributed by atoms with E-state index in [0.29, 0.717) is 16.3 Å². The number of hydrogen-bond acceptors (Lipinski definition) is 4. The maximum Gasteiger partial charge on any atom is 0.180 e. The van der Waals surface area contributed by atoms with Crippen molar-refractivity contribution in [1.29, 1.82) is 0 Å². The Balaban J connectivity index is 2.18. The predicted octanol–water partition coefficient (Wildman–Crippen LogP) is 1.61. The molecule has 0 spiro atoms. The molecule has 1 N–H and O–H groups in total. The second-order valence-electron chi connectivity index (χ2n) is 4.82. The Morgan fingerprint density at radius 2 is 2.33 bits per heavy atom. The third-order valence-electron chi connectivity index (χ3n) is 3.51. The number of aromatic nitrogens is 4. The van der Waals surface area contributed by atoms with Crippen LogP contribution in [-0.4, -0.2) is 37.9 Å². The molecule has 2 aromatic heterocycles. The molecular formula is C11H12ClFN4O. The smallest absolute Gasteiger partial charge is 0.180 e. The summed E-state index contributed by atoms with van der Waals surface area (Å²) in [6, 6.07) is 1.70. The molecule has 0 saturated heterocycles. The lowest BCUT2D eigenvalue weighted by Crippen LogP contribution is -2.51. The van der Waals surface area contributed by atoms with Crippen molar-refractivity contribution in [2.24, 2.45) is 0 Å². The minimum absolute atomic E-state index is 0.181. The first-order valence-corrected chi connectivity index (χ1v) is 6.07. The number of pyridine rings is 1. The van der Waals surface area contributed by atoms with Crippen LogP contribution < -0.4 is 0 Å². The fourth-order valence-corrected chi connectivity index (χ4v) is 2.71. The molecular weight excluding hydrogens is 259 g/mol. The van der Waals surface area contributed by atoms with Gasteiger partial charge in [-0.05, 0) is 18.6 Å². The maximum atomic E-state index is 13.1. The number of aliphatic hydroxyl groups is 1. The molecule has 3 rings (SSSR count). The molecule has 2 heterocycles. The fraction of sp³-hybridized carbons (Fsp3) is 0.545. The normalized spacial score (nSPS) is 27.4. The molecule has 18 heavy (non-hydrogen) atoms. The van der Waals surface area contributed by atoms with Crippen LogP contribution >= 0.6 is 11.6 Å². The Morgan fingerprint density at radius 1 is 1.61 bits per heavy atom. The predicted molar refractivity (Wildman–Crippen MR) is 64.3 cm³/mol. The lowest BCUT2D eigenvalue weighted by molar-refractivity contribution is -0.0182. The zero-order chi connectivity index (χ0) is 12.9. The Morgan fingerprint density at radius 3 is 2.94 bits per heavy atom. The summed E-state index contributed by atoms with van der Waals surface area (Å²) in [7, 11) is 0. The van der Waals surface area contributed by atoms with Crippen LogP contribution in [-0.2, 0) is 5.54 Å². The quantitative estimate of drug-likeness (QED) is 0.842. The fourth-order valence-electron chi connectivity index (χ4n) is 2.47. The summed E-state index contributed by atoms with van der Waals surface area (Å²) in [6.45, 7) is 1.68. The molecule has 1 aliphatic rings. The van der Waals surface area contributed by atoms with Crippen LogP contribution in [0.2, 0.25) is 5.15 Å². The average Bonchev–Trinajstić information content (AvgIpc) is 2.68. The summed E-state index contributed by atoms with van der Waals surface area (Å²) in [6.07, 6.45) is -0.443. The van der Waals surface area contributed by atoms with Crippen molar-refractivity contribution in [2.45, 2.75) is 31.5 Å². The van der Waals surface area contributed by atoms with Gasteiger partial charge in [0, 0.05) is 12.8 Å². The van der Waals surface area contributed by atoms with Crippen molar-refractivity contribution < 1.29 is 9.50 Å². The summed E-state index contributed by atoms with van der Waals surface area (Å²) in [5.74, 6) is 0. The van der Waals surface area contributed by atoms with E-state index in [9.17, 15) is 9.50 Å². The van der Waals surface area contributed by atoms with Crippen LogP contribution in [0.3, 0.4) is 0 Å². The van der Waals surface area contributed by atoms with Crippen molar-refractivity contribution in [3.05, 3.63) is 16.8 Å². The standard InChI is InChI=1S/C11H12ClFN4O/c1-6-2-8(12)14-10-9(6)15-16-17(10)11(5-18)3-7(13)4-11/h2,7,18H,3-5H2,1H3. The Hall–Kier alpha value is -1.27. The van der Waals surface area contributed by atoms with Gasteiger partial charge in [-0.1, -0.05) is 16.8 Å². The van der Waals surface area contributed by atoms with Crippen LogP contribution in [0.15, 0.2) is 6.07 Å². The topological polar surface area (TPSA) is 63.8 Å². The van der Waals surface area contributed by atoms with Crippen molar-refractivity contribution in [1.82, 2.24) is 20.0 Å². The minimum Gasteiger partial charge on any atom is -0.394 e. The van der Waals surface area contributed by atoms with Gasteiger partial charge < -0.3 is 5.11 Å². The molecule has 96 valence electrons. The molecule has 1 fully saturated rings. The number of rotatable bonds is 2. The molecule has 0 atom stereocenters. The van der Waals surface area contributed by atoms with Crippen molar-refractivity contribution in [2.75, 3.05) is 6.61 Å². The monoisotopic (exact) mass is 270 g/mol. The Bertz CT molecular complexity index is 608. The Labute approximate surface area is 108 Å². The second-order valence-corrected chi connectivity index (χ2v) is 5.21. The third-order valence-corrected chi connectivity index (χ3v) is 3.71. The van der Waals surface area contributed by atoms with Gasteiger partial charge in [-0.25, -0.2) is 14.1 Å². The molecule has 1 aliphatic carbocycles. The zero-order valence-corrected chi connectivity index (χ0v) is 10.5. The number of alkyl halides is 1. The molecule has 7 heteroatoms. The lowest BCUT2D eigenvalue weighted by Gasteiger charge is -2.42.